The molecule has 0 saturated carbocycles. The third-order valence-corrected chi connectivity index (χ3v) is 2.76. The molecule has 0 radical (unpaired) electrons. The lowest BCUT2D eigenvalue weighted by molar-refractivity contribution is 0.0581. The molecule has 1 N–H and O–H groups in total. The van der Waals surface area contributed by atoms with Crippen molar-refractivity contribution in [3.63, 3.8) is 0 Å². The summed E-state index contributed by atoms with van der Waals surface area (Å²) in [6, 6.07) is -0.103. The van der Waals surface area contributed by atoms with Crippen LogP contribution >= 0.6 is 0 Å². The molecule has 19 heavy (non-hydrogen) atoms. The van der Waals surface area contributed by atoms with Gasteiger partial charge in [-0.2, -0.15) is 0 Å². The van der Waals surface area contributed by atoms with Gasteiger partial charge in [0, 0.05) is 40.2 Å². The SMILES string of the molecule is CCO[C@H](C)CN(C)C(=O)NCCc1nncn1C. The monoisotopic (exact) mass is 269 g/mol. The molecule has 2 amide bonds. The van der Waals surface area contributed by atoms with Crippen LogP contribution < -0.4 is 5.32 Å². The van der Waals surface area contributed by atoms with Gasteiger partial charge in [0.05, 0.1) is 6.10 Å². The lowest BCUT2D eigenvalue weighted by Crippen LogP contribution is -2.42. The number of aromatic nitrogens is 3. The fourth-order valence-corrected chi connectivity index (χ4v) is 1.76. The van der Waals surface area contributed by atoms with E-state index < -0.39 is 0 Å². The van der Waals surface area contributed by atoms with Crippen LogP contribution in [0.5, 0.6) is 0 Å². The molecule has 1 aromatic heterocycles. The molecule has 0 fully saturated rings. The molecule has 1 heterocycles. The molecule has 108 valence electrons. The Morgan fingerprint density at radius 3 is 2.95 bits per heavy atom. The van der Waals surface area contributed by atoms with Crippen LogP contribution in [0.4, 0.5) is 4.79 Å². The zero-order chi connectivity index (χ0) is 14.3. The van der Waals surface area contributed by atoms with Gasteiger partial charge >= 0.3 is 6.03 Å². The summed E-state index contributed by atoms with van der Waals surface area (Å²) in [6.07, 6.45) is 2.35. The minimum atomic E-state index is -0.103. The highest BCUT2D eigenvalue weighted by atomic mass is 16.5. The Kier molecular flexibility index (Phi) is 6.27. The Morgan fingerprint density at radius 1 is 1.63 bits per heavy atom. The maximum Gasteiger partial charge on any atom is 0.317 e. The Hall–Kier alpha value is -1.63. The van der Waals surface area contributed by atoms with E-state index in [9.17, 15) is 4.79 Å². The van der Waals surface area contributed by atoms with Crippen LogP contribution in [0.3, 0.4) is 0 Å². The molecule has 0 spiro atoms. The number of amides is 2. The zero-order valence-electron chi connectivity index (χ0n) is 12.1. The molecule has 1 atom stereocenters. The van der Waals surface area contributed by atoms with E-state index in [2.05, 4.69) is 15.5 Å². The minimum absolute atomic E-state index is 0.0412. The molecule has 7 heteroatoms. The molecule has 0 aliphatic heterocycles. The quantitative estimate of drug-likeness (QED) is 0.779. The average molecular weight is 269 g/mol. The molecule has 0 aliphatic carbocycles. The van der Waals surface area contributed by atoms with Crippen molar-refractivity contribution in [2.45, 2.75) is 26.4 Å². The first-order valence-corrected chi connectivity index (χ1v) is 6.48. The second-order valence-electron chi connectivity index (χ2n) is 4.49. The van der Waals surface area contributed by atoms with Gasteiger partial charge < -0.3 is 19.5 Å². The highest BCUT2D eigenvalue weighted by Crippen LogP contribution is 1.96. The number of aryl methyl sites for hydroxylation is 1. The Labute approximate surface area is 113 Å². The summed E-state index contributed by atoms with van der Waals surface area (Å²) < 4.78 is 7.24. The largest absolute Gasteiger partial charge is 0.377 e. The number of hydrogen-bond acceptors (Lipinski definition) is 4. The van der Waals surface area contributed by atoms with Gasteiger partial charge in [0.15, 0.2) is 0 Å². The molecule has 0 bridgehead atoms. The summed E-state index contributed by atoms with van der Waals surface area (Å²) in [4.78, 5) is 13.4. The van der Waals surface area contributed by atoms with Gasteiger partial charge in [0.2, 0.25) is 0 Å². The van der Waals surface area contributed by atoms with Crippen LogP contribution in [0.15, 0.2) is 6.33 Å². The molecule has 7 nitrogen and oxygen atoms in total. The number of nitrogens with zero attached hydrogens (tertiary/aromatic N) is 4. The van der Waals surface area contributed by atoms with Crippen molar-refractivity contribution in [1.29, 1.82) is 0 Å². The third kappa shape index (κ3) is 5.25. The summed E-state index contributed by atoms with van der Waals surface area (Å²) >= 11 is 0. The maximum absolute atomic E-state index is 11.8. The van der Waals surface area contributed by atoms with Gasteiger partial charge in [-0.15, -0.1) is 10.2 Å². The highest BCUT2D eigenvalue weighted by molar-refractivity contribution is 5.73. The van der Waals surface area contributed by atoms with E-state index in [1.165, 1.54) is 0 Å². The molecule has 1 rings (SSSR count). The smallest absolute Gasteiger partial charge is 0.317 e. The van der Waals surface area contributed by atoms with Gasteiger partial charge in [0.25, 0.3) is 0 Å². The fraction of sp³-hybridized carbons (Fsp3) is 0.750. The fourth-order valence-electron chi connectivity index (χ4n) is 1.76. The molecule has 0 aliphatic rings. The van der Waals surface area contributed by atoms with Crippen LogP contribution in [-0.2, 0) is 18.2 Å². The summed E-state index contributed by atoms with van der Waals surface area (Å²) in [6.45, 7) is 5.66. The van der Waals surface area contributed by atoms with Gasteiger partial charge in [-0.05, 0) is 13.8 Å². The van der Waals surface area contributed by atoms with E-state index >= 15 is 0 Å². The molecular formula is C12H23N5O2. The number of carbonyl (C=O) groups excluding carboxylic acids is 1. The molecule has 0 unspecified atom stereocenters. The van der Waals surface area contributed by atoms with Crippen molar-refractivity contribution in [2.75, 3.05) is 26.7 Å². The molecule has 0 aromatic carbocycles. The van der Waals surface area contributed by atoms with E-state index in [0.29, 0.717) is 26.1 Å². The first-order valence-electron chi connectivity index (χ1n) is 6.48. The van der Waals surface area contributed by atoms with Crippen molar-refractivity contribution >= 4 is 6.03 Å². The molecular weight excluding hydrogens is 246 g/mol. The number of nitrogens with one attached hydrogen (secondary N) is 1. The number of hydrogen-bond donors (Lipinski definition) is 1. The lowest BCUT2D eigenvalue weighted by atomic mass is 10.3. The Bertz CT molecular complexity index is 393. The zero-order valence-corrected chi connectivity index (χ0v) is 12.1. The Morgan fingerprint density at radius 2 is 2.37 bits per heavy atom. The van der Waals surface area contributed by atoms with Crippen LogP contribution in [0.2, 0.25) is 0 Å². The maximum atomic E-state index is 11.8. The van der Waals surface area contributed by atoms with Crippen molar-refractivity contribution in [2.24, 2.45) is 7.05 Å². The van der Waals surface area contributed by atoms with Crippen LogP contribution in [-0.4, -0.2) is 58.5 Å². The van der Waals surface area contributed by atoms with Crippen LogP contribution in [0.1, 0.15) is 19.7 Å². The van der Waals surface area contributed by atoms with E-state index in [1.54, 1.807) is 18.3 Å². The van der Waals surface area contributed by atoms with E-state index in [4.69, 9.17) is 4.74 Å². The second kappa shape index (κ2) is 7.73. The first kappa shape index (κ1) is 15.4. The van der Waals surface area contributed by atoms with Gasteiger partial charge in [-0.1, -0.05) is 0 Å². The topological polar surface area (TPSA) is 72.3 Å². The van der Waals surface area contributed by atoms with Crippen molar-refractivity contribution in [3.8, 4) is 0 Å². The predicted molar refractivity (Wildman–Crippen MR) is 71.8 cm³/mol. The van der Waals surface area contributed by atoms with E-state index in [1.807, 2.05) is 25.5 Å². The van der Waals surface area contributed by atoms with Crippen molar-refractivity contribution < 1.29 is 9.53 Å². The minimum Gasteiger partial charge on any atom is -0.377 e. The summed E-state index contributed by atoms with van der Waals surface area (Å²) in [5, 5.41) is 10.6. The molecule has 0 saturated heterocycles. The van der Waals surface area contributed by atoms with Gasteiger partial charge in [-0.25, -0.2) is 4.79 Å². The summed E-state index contributed by atoms with van der Waals surface area (Å²) in [5.74, 6) is 0.852. The number of likely N-dealkylation sites (N-methyl/N-ethyl adjacent to an activating group) is 1. The summed E-state index contributed by atoms with van der Waals surface area (Å²) in [7, 11) is 3.64. The lowest BCUT2D eigenvalue weighted by Gasteiger charge is -2.21. The number of carbonyl (C=O) groups is 1. The summed E-state index contributed by atoms with van der Waals surface area (Å²) in [5.41, 5.74) is 0. The van der Waals surface area contributed by atoms with Crippen LogP contribution in [0.25, 0.3) is 0 Å². The van der Waals surface area contributed by atoms with Crippen LogP contribution in [0, 0.1) is 0 Å². The normalized spacial score (nSPS) is 12.2. The number of urea groups is 1. The predicted octanol–water partition coefficient (Wildman–Crippen LogP) is 0.424. The Balaban J connectivity index is 2.25. The van der Waals surface area contributed by atoms with Gasteiger partial charge in [-0.3, -0.25) is 0 Å². The molecule has 1 aromatic rings. The number of ether oxygens (including phenoxy) is 1. The second-order valence-corrected chi connectivity index (χ2v) is 4.49. The van der Waals surface area contributed by atoms with Crippen molar-refractivity contribution in [1.82, 2.24) is 25.0 Å². The van der Waals surface area contributed by atoms with E-state index in [-0.39, 0.29) is 12.1 Å². The standard InChI is InChI=1S/C12H23N5O2/c1-5-19-10(2)8-16(3)12(18)13-7-6-11-15-14-9-17(11)4/h9-10H,5-8H2,1-4H3,(H,13,18)/t10-/m1/s1. The van der Waals surface area contributed by atoms with E-state index in [0.717, 1.165) is 5.82 Å². The average Bonchev–Trinajstić information content (AvgIpc) is 2.75. The first-order chi connectivity index (χ1) is 9.04. The highest BCUT2D eigenvalue weighted by Gasteiger charge is 2.12. The number of rotatable bonds is 7. The van der Waals surface area contributed by atoms with Crippen molar-refractivity contribution in [3.05, 3.63) is 12.2 Å². The third-order valence-electron chi connectivity index (χ3n) is 2.76. The van der Waals surface area contributed by atoms with Gasteiger partial charge in [0.1, 0.15) is 12.2 Å².